The molecule has 21 heavy (non-hydrogen) atoms. The molecule has 0 amide bonds. The Morgan fingerprint density at radius 2 is 2.19 bits per heavy atom. The Morgan fingerprint density at radius 3 is 2.71 bits per heavy atom. The fraction of sp³-hybridized carbons (Fsp3) is 0.786. The zero-order chi connectivity index (χ0) is 15.8. The highest BCUT2D eigenvalue weighted by atomic mass is 16.5. The number of hydrogen-bond acceptors (Lipinski definition) is 5. The molecule has 7 heteroatoms. The first kappa shape index (κ1) is 17.5. The average molecular weight is 297 g/mol. The molecule has 0 radical (unpaired) electrons. The van der Waals surface area contributed by atoms with Crippen molar-refractivity contribution in [2.45, 2.75) is 64.4 Å². The van der Waals surface area contributed by atoms with Gasteiger partial charge in [0.2, 0.25) is 0 Å². The van der Waals surface area contributed by atoms with E-state index < -0.39 is 24.2 Å². The number of carbonyl (C=O) groups excluding carboxylic acids is 1. The molecule has 0 unspecified atom stereocenters. The number of hydrogen-bond donors (Lipinski definition) is 1. The molecule has 3 atom stereocenters. The van der Waals surface area contributed by atoms with Gasteiger partial charge in [-0.15, -0.1) is 0 Å². The van der Waals surface area contributed by atoms with Gasteiger partial charge < -0.3 is 14.6 Å². The third-order valence-electron chi connectivity index (χ3n) is 3.51. The molecule has 0 fully saturated rings. The van der Waals surface area contributed by atoms with E-state index >= 15 is 0 Å². The number of carbonyl (C=O) groups is 1. The van der Waals surface area contributed by atoms with Crippen LogP contribution in [0.3, 0.4) is 0 Å². The van der Waals surface area contributed by atoms with Crippen molar-refractivity contribution < 1.29 is 19.4 Å². The first-order valence-corrected chi connectivity index (χ1v) is 7.32. The topological polar surface area (TPSA) is 105 Å². The summed E-state index contributed by atoms with van der Waals surface area (Å²) in [6, 6.07) is -0.728. The SMILES string of the molecule is CCOC(=O)C1=C[C@@H](OC(CC)CC)[C@H](N=[N+]=[N-])[C@@H](O)C1. The Bertz CT molecular complexity index is 428. The Hall–Kier alpha value is -1.56. The molecular formula is C14H23N3O4. The molecule has 1 aliphatic carbocycles. The molecule has 0 saturated carbocycles. The number of azide groups is 1. The van der Waals surface area contributed by atoms with Crippen LogP contribution in [0.25, 0.3) is 10.4 Å². The monoisotopic (exact) mass is 297 g/mol. The second-order valence-corrected chi connectivity index (χ2v) is 4.92. The standard InChI is InChI=1S/C14H23N3O4/c1-4-10(5-2)21-12-8-9(14(19)20-6-3)7-11(18)13(12)16-17-15/h8,10-13,18H,4-7H2,1-3H3/t11-,12+,13+/m0/s1. The summed E-state index contributed by atoms with van der Waals surface area (Å²) in [5.74, 6) is -0.464. The quantitative estimate of drug-likeness (QED) is 0.337. The van der Waals surface area contributed by atoms with Crippen LogP contribution in [0, 0.1) is 0 Å². The Kier molecular flexibility index (Phi) is 7.22. The van der Waals surface area contributed by atoms with Gasteiger partial charge in [0, 0.05) is 16.9 Å². The molecule has 7 nitrogen and oxygen atoms in total. The van der Waals surface area contributed by atoms with Crippen molar-refractivity contribution in [1.82, 2.24) is 0 Å². The summed E-state index contributed by atoms with van der Waals surface area (Å²) in [6.45, 7) is 5.97. The van der Waals surface area contributed by atoms with Gasteiger partial charge in [-0.1, -0.05) is 19.0 Å². The normalized spacial score (nSPS) is 25.2. The lowest BCUT2D eigenvalue weighted by Gasteiger charge is -2.33. The maximum atomic E-state index is 11.8. The number of nitrogens with zero attached hydrogens (tertiary/aromatic N) is 3. The molecule has 0 aliphatic heterocycles. The summed E-state index contributed by atoms with van der Waals surface area (Å²) < 4.78 is 10.8. The second-order valence-electron chi connectivity index (χ2n) is 4.92. The fourth-order valence-electron chi connectivity index (χ4n) is 2.33. The third kappa shape index (κ3) is 4.74. The van der Waals surface area contributed by atoms with Gasteiger partial charge in [-0.2, -0.15) is 0 Å². The van der Waals surface area contributed by atoms with Crippen molar-refractivity contribution in [3.63, 3.8) is 0 Å². The maximum absolute atomic E-state index is 11.8. The van der Waals surface area contributed by atoms with Crippen LogP contribution in [-0.4, -0.2) is 42.0 Å². The summed E-state index contributed by atoms with van der Waals surface area (Å²) in [7, 11) is 0. The first-order chi connectivity index (χ1) is 10.1. The zero-order valence-electron chi connectivity index (χ0n) is 12.7. The average Bonchev–Trinajstić information content (AvgIpc) is 2.47. The van der Waals surface area contributed by atoms with Crippen molar-refractivity contribution in [3.8, 4) is 0 Å². The molecule has 1 N–H and O–H groups in total. The second kappa shape index (κ2) is 8.67. The molecular weight excluding hydrogens is 274 g/mol. The maximum Gasteiger partial charge on any atom is 0.333 e. The lowest BCUT2D eigenvalue weighted by atomic mass is 9.90. The molecule has 1 rings (SSSR count). The number of esters is 1. The molecule has 118 valence electrons. The van der Waals surface area contributed by atoms with E-state index in [2.05, 4.69) is 10.0 Å². The van der Waals surface area contributed by atoms with E-state index in [1.807, 2.05) is 13.8 Å². The minimum Gasteiger partial charge on any atom is -0.463 e. The van der Waals surface area contributed by atoms with Crippen molar-refractivity contribution in [2.75, 3.05) is 6.61 Å². The van der Waals surface area contributed by atoms with Gasteiger partial charge in [-0.25, -0.2) is 4.79 Å². The van der Waals surface area contributed by atoms with E-state index in [9.17, 15) is 9.90 Å². The van der Waals surface area contributed by atoms with Gasteiger partial charge in [0.25, 0.3) is 0 Å². The molecule has 0 aromatic heterocycles. The van der Waals surface area contributed by atoms with Crippen LogP contribution in [0.2, 0.25) is 0 Å². The predicted molar refractivity (Wildman–Crippen MR) is 77.5 cm³/mol. The van der Waals surface area contributed by atoms with E-state index in [0.717, 1.165) is 12.8 Å². The van der Waals surface area contributed by atoms with Crippen molar-refractivity contribution in [2.24, 2.45) is 5.11 Å². The lowest BCUT2D eigenvalue weighted by Crippen LogP contribution is -2.42. The fourth-order valence-corrected chi connectivity index (χ4v) is 2.33. The van der Waals surface area contributed by atoms with Crippen molar-refractivity contribution >= 4 is 5.97 Å². The molecule has 0 saturated heterocycles. The van der Waals surface area contributed by atoms with E-state index in [0.29, 0.717) is 5.57 Å². The van der Waals surface area contributed by atoms with Crippen LogP contribution in [-0.2, 0) is 14.3 Å². The summed E-state index contributed by atoms with van der Waals surface area (Å²) in [5.41, 5.74) is 9.01. The minimum absolute atomic E-state index is 0.0172. The van der Waals surface area contributed by atoms with Gasteiger partial charge in [-0.3, -0.25) is 0 Å². The smallest absolute Gasteiger partial charge is 0.333 e. The number of aliphatic hydroxyl groups is 1. The number of ether oxygens (including phenoxy) is 2. The lowest BCUT2D eigenvalue weighted by molar-refractivity contribution is -0.139. The van der Waals surface area contributed by atoms with Crippen LogP contribution in [0.4, 0.5) is 0 Å². The van der Waals surface area contributed by atoms with E-state index in [1.54, 1.807) is 13.0 Å². The van der Waals surface area contributed by atoms with Crippen LogP contribution in [0.15, 0.2) is 16.8 Å². The highest BCUT2D eigenvalue weighted by molar-refractivity contribution is 5.88. The van der Waals surface area contributed by atoms with Crippen LogP contribution >= 0.6 is 0 Å². The predicted octanol–water partition coefficient (Wildman–Crippen LogP) is 2.49. The molecule has 0 aromatic carbocycles. The number of rotatable bonds is 7. The zero-order valence-corrected chi connectivity index (χ0v) is 12.7. The highest BCUT2D eigenvalue weighted by Gasteiger charge is 2.35. The summed E-state index contributed by atoms with van der Waals surface area (Å²) in [5, 5.41) is 13.7. The van der Waals surface area contributed by atoms with Crippen LogP contribution in [0.5, 0.6) is 0 Å². The van der Waals surface area contributed by atoms with Gasteiger partial charge in [0.05, 0.1) is 31.0 Å². The van der Waals surface area contributed by atoms with Gasteiger partial charge in [0.15, 0.2) is 0 Å². The molecule has 0 bridgehead atoms. The van der Waals surface area contributed by atoms with E-state index in [4.69, 9.17) is 15.0 Å². The van der Waals surface area contributed by atoms with E-state index in [-0.39, 0.29) is 19.1 Å². The highest BCUT2D eigenvalue weighted by Crippen LogP contribution is 2.27. The van der Waals surface area contributed by atoms with Gasteiger partial charge in [0.1, 0.15) is 0 Å². The largest absolute Gasteiger partial charge is 0.463 e. The summed E-state index contributed by atoms with van der Waals surface area (Å²) >= 11 is 0. The summed E-state index contributed by atoms with van der Waals surface area (Å²) in [6.07, 6.45) is 1.73. The third-order valence-corrected chi connectivity index (χ3v) is 3.51. The Labute approximate surface area is 124 Å². The van der Waals surface area contributed by atoms with Gasteiger partial charge >= 0.3 is 5.97 Å². The Morgan fingerprint density at radius 1 is 1.52 bits per heavy atom. The first-order valence-electron chi connectivity index (χ1n) is 7.32. The molecule has 0 aromatic rings. The number of aliphatic hydroxyl groups excluding tert-OH is 1. The van der Waals surface area contributed by atoms with Crippen LogP contribution in [0.1, 0.15) is 40.0 Å². The summed E-state index contributed by atoms with van der Waals surface area (Å²) in [4.78, 5) is 14.6. The van der Waals surface area contributed by atoms with E-state index in [1.165, 1.54) is 0 Å². The molecule has 0 spiro atoms. The Balaban J connectivity index is 2.99. The minimum atomic E-state index is -0.954. The molecule has 0 heterocycles. The van der Waals surface area contributed by atoms with Gasteiger partial charge in [-0.05, 0) is 31.4 Å². The van der Waals surface area contributed by atoms with Crippen LogP contribution < -0.4 is 0 Å². The van der Waals surface area contributed by atoms with Crippen molar-refractivity contribution in [1.29, 1.82) is 0 Å². The van der Waals surface area contributed by atoms with Crippen molar-refractivity contribution in [3.05, 3.63) is 22.1 Å². The molecule has 1 aliphatic rings.